The number of H-pyrrole nitrogens is 1. The van der Waals surface area contributed by atoms with Crippen molar-refractivity contribution in [3.05, 3.63) is 65.2 Å². The number of ketones is 1. The molecule has 0 bridgehead atoms. The van der Waals surface area contributed by atoms with E-state index in [-0.39, 0.29) is 23.8 Å². The van der Waals surface area contributed by atoms with Crippen LogP contribution >= 0.6 is 11.8 Å². The molecule has 0 amide bonds. The van der Waals surface area contributed by atoms with Gasteiger partial charge in [0, 0.05) is 23.3 Å². The Bertz CT molecular complexity index is 1220. The molecule has 34 heavy (non-hydrogen) atoms. The van der Waals surface area contributed by atoms with Crippen molar-refractivity contribution >= 4 is 28.5 Å². The summed E-state index contributed by atoms with van der Waals surface area (Å²) >= 11 is 1.49. The summed E-state index contributed by atoms with van der Waals surface area (Å²) in [6.07, 6.45) is 16.3. The first-order valence-corrected chi connectivity index (χ1v) is 13.0. The summed E-state index contributed by atoms with van der Waals surface area (Å²) in [5.41, 5.74) is 2.82. The number of aromatic amines is 1. The molecule has 4 unspecified atom stereocenters. The number of Topliss-reactive ketones (excluding diaryl/α,β-unsaturated/α-hetero) is 1. The number of fused-ring (bicyclic) bond motifs is 2. The number of carbonyl (C=O) groups excluding carboxylic acids is 1. The first-order valence-electron chi connectivity index (χ1n) is 12.2. The predicted octanol–water partition coefficient (Wildman–Crippen LogP) is 5.29. The van der Waals surface area contributed by atoms with Crippen LogP contribution in [0.25, 0.3) is 0 Å². The number of aliphatic imine (C=N–C) groups is 1. The molecule has 0 saturated carbocycles. The second kappa shape index (κ2) is 8.98. The number of anilines is 1. The number of nitrogens with zero attached hydrogens (tertiary/aromatic N) is 2. The number of unbranched alkanes of at least 4 members (excludes halogenated alkanes) is 2. The molecule has 7 nitrogen and oxygen atoms in total. The minimum Gasteiger partial charge on any atom is -0.453 e. The molecule has 0 fully saturated rings. The van der Waals surface area contributed by atoms with Crippen LogP contribution in [0.2, 0.25) is 0 Å². The molecule has 4 atom stereocenters. The Balaban J connectivity index is 1.25. The third-order valence-electron chi connectivity index (χ3n) is 7.10. The third-order valence-corrected chi connectivity index (χ3v) is 7.94. The SMILES string of the molecule is CCCCCC1CC(=O)C2=C(C1)Nc1[nH]ncc1C2c1ccc(SC2=NC3C=CC=CC3N2)o1. The highest BCUT2D eigenvalue weighted by Crippen LogP contribution is 2.47. The standard InChI is InChI=1S/C26H29N5O2S/c1-2-3-4-7-15-12-19-24(20(32)13-15)23(16-14-27-31-25(16)28-19)21-10-11-22(33-21)34-26-29-17-8-5-6-9-18(17)30-26/h5-6,8-11,14-15,17-18,23H,2-4,7,12-13H2,1H3,(H,29,30)(H2,27,28,31). The molecule has 2 aromatic heterocycles. The van der Waals surface area contributed by atoms with E-state index in [0.29, 0.717) is 12.3 Å². The van der Waals surface area contributed by atoms with E-state index in [1.165, 1.54) is 31.0 Å². The van der Waals surface area contributed by atoms with Crippen LogP contribution in [0.1, 0.15) is 62.7 Å². The predicted molar refractivity (Wildman–Crippen MR) is 134 cm³/mol. The third kappa shape index (κ3) is 3.94. The summed E-state index contributed by atoms with van der Waals surface area (Å²) in [5, 5.41) is 15.9. The van der Waals surface area contributed by atoms with Gasteiger partial charge in [0.25, 0.3) is 0 Å². The van der Waals surface area contributed by atoms with Crippen molar-refractivity contribution in [1.82, 2.24) is 15.5 Å². The fraction of sp³-hybridized carbons (Fsp3) is 0.423. The van der Waals surface area contributed by atoms with Crippen molar-refractivity contribution < 1.29 is 9.21 Å². The molecular weight excluding hydrogens is 446 g/mol. The summed E-state index contributed by atoms with van der Waals surface area (Å²) in [6.45, 7) is 2.21. The van der Waals surface area contributed by atoms with Gasteiger partial charge in [0.15, 0.2) is 16.0 Å². The first kappa shape index (κ1) is 21.5. The van der Waals surface area contributed by atoms with Crippen LogP contribution in [0.15, 0.2) is 68.4 Å². The Morgan fingerprint density at radius 1 is 1.18 bits per heavy atom. The minimum atomic E-state index is -0.240. The molecule has 2 aromatic rings. The van der Waals surface area contributed by atoms with E-state index in [1.807, 2.05) is 24.3 Å². The molecule has 2 aliphatic heterocycles. The molecule has 3 N–H and O–H groups in total. The molecule has 4 heterocycles. The van der Waals surface area contributed by atoms with Gasteiger partial charge >= 0.3 is 0 Å². The average Bonchev–Trinajstić information content (AvgIpc) is 3.57. The number of hydrogen-bond acceptors (Lipinski definition) is 7. The zero-order chi connectivity index (χ0) is 23.1. The summed E-state index contributed by atoms with van der Waals surface area (Å²) < 4.78 is 6.32. The van der Waals surface area contributed by atoms with E-state index in [4.69, 9.17) is 9.41 Å². The van der Waals surface area contributed by atoms with Crippen LogP contribution in [-0.4, -0.2) is 33.2 Å². The van der Waals surface area contributed by atoms with Gasteiger partial charge in [-0.2, -0.15) is 5.10 Å². The summed E-state index contributed by atoms with van der Waals surface area (Å²) in [4.78, 5) is 18.2. The highest BCUT2D eigenvalue weighted by Gasteiger charge is 2.40. The van der Waals surface area contributed by atoms with Crippen LogP contribution in [0.5, 0.6) is 0 Å². The van der Waals surface area contributed by atoms with Crippen molar-refractivity contribution in [2.24, 2.45) is 10.9 Å². The largest absolute Gasteiger partial charge is 0.453 e. The van der Waals surface area contributed by atoms with Crippen LogP contribution in [-0.2, 0) is 4.79 Å². The lowest BCUT2D eigenvalue weighted by molar-refractivity contribution is -0.117. The zero-order valence-corrected chi connectivity index (χ0v) is 20.0. The van der Waals surface area contributed by atoms with Crippen molar-refractivity contribution in [3.63, 3.8) is 0 Å². The van der Waals surface area contributed by atoms with E-state index in [1.54, 1.807) is 6.20 Å². The normalized spacial score (nSPS) is 27.1. The van der Waals surface area contributed by atoms with Gasteiger partial charge in [-0.3, -0.25) is 14.9 Å². The van der Waals surface area contributed by atoms with E-state index in [9.17, 15) is 4.79 Å². The Labute approximate surface area is 203 Å². The first-order chi connectivity index (χ1) is 16.7. The lowest BCUT2D eigenvalue weighted by Crippen LogP contribution is -2.31. The second-order valence-electron chi connectivity index (χ2n) is 9.47. The lowest BCUT2D eigenvalue weighted by Gasteiger charge is -2.33. The molecule has 0 saturated heterocycles. The highest BCUT2D eigenvalue weighted by atomic mass is 32.2. The second-order valence-corrected chi connectivity index (χ2v) is 10.5. The Morgan fingerprint density at radius 2 is 2.09 bits per heavy atom. The monoisotopic (exact) mass is 475 g/mol. The van der Waals surface area contributed by atoms with Gasteiger partial charge in [0.1, 0.15) is 11.6 Å². The molecule has 0 aromatic carbocycles. The van der Waals surface area contributed by atoms with Gasteiger partial charge in [0.05, 0.1) is 24.2 Å². The molecule has 0 radical (unpaired) electrons. The number of allylic oxidation sites excluding steroid dienone is 4. The van der Waals surface area contributed by atoms with Crippen LogP contribution < -0.4 is 10.6 Å². The van der Waals surface area contributed by atoms with E-state index in [0.717, 1.165) is 51.5 Å². The number of amidine groups is 1. The molecule has 8 heteroatoms. The molecule has 0 spiro atoms. The summed E-state index contributed by atoms with van der Waals surface area (Å²) in [6, 6.07) is 4.30. The van der Waals surface area contributed by atoms with Crippen molar-refractivity contribution in [1.29, 1.82) is 0 Å². The van der Waals surface area contributed by atoms with Crippen molar-refractivity contribution in [3.8, 4) is 0 Å². The number of aromatic nitrogens is 2. The van der Waals surface area contributed by atoms with E-state index < -0.39 is 0 Å². The Morgan fingerprint density at radius 3 is 2.97 bits per heavy atom. The van der Waals surface area contributed by atoms with Crippen LogP contribution in [0, 0.1) is 5.92 Å². The number of rotatable bonds is 6. The molecule has 2 aliphatic carbocycles. The van der Waals surface area contributed by atoms with E-state index >= 15 is 0 Å². The number of furan rings is 1. The maximum atomic E-state index is 13.4. The minimum absolute atomic E-state index is 0.137. The highest BCUT2D eigenvalue weighted by molar-refractivity contribution is 8.13. The van der Waals surface area contributed by atoms with Gasteiger partial charge in [0.2, 0.25) is 0 Å². The molecule has 6 rings (SSSR count). The number of carbonyl (C=O) groups is 1. The van der Waals surface area contributed by atoms with Gasteiger partial charge in [-0.05, 0) is 42.7 Å². The number of hydrogen-bond donors (Lipinski definition) is 3. The Hall–Kier alpha value is -3.00. The van der Waals surface area contributed by atoms with Gasteiger partial charge < -0.3 is 15.1 Å². The van der Waals surface area contributed by atoms with Crippen molar-refractivity contribution in [2.75, 3.05) is 5.32 Å². The van der Waals surface area contributed by atoms with Gasteiger partial charge in [-0.15, -0.1) is 0 Å². The van der Waals surface area contributed by atoms with Crippen molar-refractivity contribution in [2.45, 2.75) is 68.5 Å². The summed E-state index contributed by atoms with van der Waals surface area (Å²) in [7, 11) is 0. The molecule has 4 aliphatic rings. The molecule has 176 valence electrons. The quantitative estimate of drug-likeness (QED) is 0.492. The van der Waals surface area contributed by atoms with Crippen LogP contribution in [0.3, 0.4) is 0 Å². The fourth-order valence-corrected chi connectivity index (χ4v) is 6.27. The lowest BCUT2D eigenvalue weighted by atomic mass is 9.75. The topological polar surface area (TPSA) is 95.3 Å². The van der Waals surface area contributed by atoms with Gasteiger partial charge in [-0.1, -0.05) is 50.5 Å². The smallest absolute Gasteiger partial charge is 0.168 e. The maximum absolute atomic E-state index is 13.4. The summed E-state index contributed by atoms with van der Waals surface area (Å²) in [5.74, 6) is 2.02. The fourth-order valence-electron chi connectivity index (χ4n) is 5.43. The maximum Gasteiger partial charge on any atom is 0.168 e. The van der Waals surface area contributed by atoms with Crippen LogP contribution in [0.4, 0.5) is 5.82 Å². The number of nitrogens with one attached hydrogen (secondary N) is 3. The zero-order valence-electron chi connectivity index (χ0n) is 19.2. The average molecular weight is 476 g/mol. The van der Waals surface area contributed by atoms with E-state index in [2.05, 4.69) is 39.9 Å². The Kier molecular flexibility index (Phi) is 5.69. The number of thioether (sulfide) groups is 1. The van der Waals surface area contributed by atoms with Gasteiger partial charge in [-0.25, -0.2) is 0 Å². The molecular formula is C26H29N5O2S.